The Balaban J connectivity index is 2.50. The third-order valence-electron chi connectivity index (χ3n) is 1.91. The number of pyridine rings is 1. The molecule has 0 bridgehead atoms. The van der Waals surface area contributed by atoms with E-state index in [1.54, 1.807) is 0 Å². The molecule has 0 aliphatic heterocycles. The number of hydrogen-bond donors (Lipinski definition) is 2. The smallest absolute Gasteiger partial charge is 0.303 e. The Labute approximate surface area is 108 Å². The van der Waals surface area contributed by atoms with Crippen LogP contribution < -0.4 is 5.32 Å². The first kappa shape index (κ1) is 13.7. The SMILES string of the molecule is O=C(O)CCCNC(=O)c1ccc(Cl)nc1Cl. The van der Waals surface area contributed by atoms with Gasteiger partial charge in [0.1, 0.15) is 10.3 Å². The summed E-state index contributed by atoms with van der Waals surface area (Å²) in [7, 11) is 0. The van der Waals surface area contributed by atoms with Gasteiger partial charge in [-0.2, -0.15) is 0 Å². The first-order valence-electron chi connectivity index (χ1n) is 4.82. The first-order chi connectivity index (χ1) is 8.00. The fourth-order valence-corrected chi connectivity index (χ4v) is 1.55. The molecule has 7 heteroatoms. The van der Waals surface area contributed by atoms with Gasteiger partial charge in [-0.05, 0) is 18.6 Å². The molecule has 5 nitrogen and oxygen atoms in total. The molecule has 0 saturated heterocycles. The Hall–Kier alpha value is -1.33. The monoisotopic (exact) mass is 276 g/mol. The van der Waals surface area contributed by atoms with Gasteiger partial charge in [0.15, 0.2) is 0 Å². The molecule has 0 atom stereocenters. The molecule has 1 amide bonds. The van der Waals surface area contributed by atoms with Crippen molar-refractivity contribution in [1.82, 2.24) is 10.3 Å². The van der Waals surface area contributed by atoms with Crippen LogP contribution in [0.25, 0.3) is 0 Å². The lowest BCUT2D eigenvalue weighted by Gasteiger charge is -2.05. The zero-order chi connectivity index (χ0) is 12.8. The molecule has 0 aromatic carbocycles. The van der Waals surface area contributed by atoms with Crippen LogP contribution in [0.15, 0.2) is 12.1 Å². The second-order valence-corrected chi connectivity index (χ2v) is 3.97. The lowest BCUT2D eigenvalue weighted by Crippen LogP contribution is -2.25. The summed E-state index contributed by atoms with van der Waals surface area (Å²) in [5, 5.41) is 11.2. The van der Waals surface area contributed by atoms with Gasteiger partial charge in [0.25, 0.3) is 5.91 Å². The van der Waals surface area contributed by atoms with Gasteiger partial charge in [-0.15, -0.1) is 0 Å². The largest absolute Gasteiger partial charge is 0.481 e. The van der Waals surface area contributed by atoms with E-state index in [4.69, 9.17) is 28.3 Å². The topological polar surface area (TPSA) is 79.3 Å². The number of aliphatic carboxylic acids is 1. The summed E-state index contributed by atoms with van der Waals surface area (Å²) in [6.07, 6.45) is 0.368. The number of aromatic nitrogens is 1. The molecule has 1 aromatic rings. The summed E-state index contributed by atoms with van der Waals surface area (Å²) in [5.41, 5.74) is 0.214. The third kappa shape index (κ3) is 4.58. The number of halogens is 2. The van der Waals surface area contributed by atoms with Gasteiger partial charge in [-0.3, -0.25) is 9.59 Å². The summed E-state index contributed by atoms with van der Waals surface area (Å²) < 4.78 is 0. The molecule has 2 N–H and O–H groups in total. The van der Waals surface area contributed by atoms with Crippen molar-refractivity contribution in [3.8, 4) is 0 Å². The minimum absolute atomic E-state index is 0.00683. The van der Waals surface area contributed by atoms with Gasteiger partial charge in [-0.25, -0.2) is 4.98 Å². The maximum absolute atomic E-state index is 11.6. The highest BCUT2D eigenvalue weighted by Gasteiger charge is 2.11. The molecule has 0 spiro atoms. The molecule has 1 aromatic heterocycles. The number of hydrogen-bond acceptors (Lipinski definition) is 3. The van der Waals surface area contributed by atoms with E-state index in [1.807, 2.05) is 0 Å². The molecular weight excluding hydrogens is 267 g/mol. The van der Waals surface area contributed by atoms with E-state index in [0.29, 0.717) is 6.42 Å². The summed E-state index contributed by atoms with van der Waals surface area (Å²) in [6, 6.07) is 2.92. The number of rotatable bonds is 5. The predicted octanol–water partition coefficient (Wildman–Crippen LogP) is 1.98. The molecule has 0 aliphatic rings. The quantitative estimate of drug-likeness (QED) is 0.637. The Bertz CT molecular complexity index is 438. The van der Waals surface area contributed by atoms with E-state index in [0.717, 1.165) is 0 Å². The standard InChI is InChI=1S/C10H10Cl2N2O3/c11-7-4-3-6(9(12)14-7)10(17)13-5-1-2-8(15)16/h3-4H,1-2,5H2,(H,13,17)(H,15,16). The van der Waals surface area contributed by atoms with Crippen LogP contribution in [-0.4, -0.2) is 28.5 Å². The number of carboxylic acid groups (broad SMARTS) is 1. The Kier molecular flexibility index (Phi) is 5.18. The van der Waals surface area contributed by atoms with Gasteiger partial charge in [0.05, 0.1) is 5.56 Å². The molecule has 0 saturated carbocycles. The van der Waals surface area contributed by atoms with Crippen LogP contribution in [0.2, 0.25) is 10.3 Å². The van der Waals surface area contributed by atoms with Crippen molar-refractivity contribution in [2.45, 2.75) is 12.8 Å². The van der Waals surface area contributed by atoms with Crippen LogP contribution in [-0.2, 0) is 4.79 Å². The highest BCUT2D eigenvalue weighted by Crippen LogP contribution is 2.16. The fourth-order valence-electron chi connectivity index (χ4n) is 1.12. The normalized spacial score (nSPS) is 10.0. The van der Waals surface area contributed by atoms with Crippen molar-refractivity contribution in [2.75, 3.05) is 6.54 Å². The van der Waals surface area contributed by atoms with Gasteiger partial charge < -0.3 is 10.4 Å². The van der Waals surface area contributed by atoms with E-state index in [1.165, 1.54) is 12.1 Å². The van der Waals surface area contributed by atoms with E-state index in [-0.39, 0.29) is 28.8 Å². The number of carbonyl (C=O) groups is 2. The molecule has 17 heavy (non-hydrogen) atoms. The Morgan fingerprint density at radius 1 is 1.35 bits per heavy atom. The molecular formula is C10H10Cl2N2O3. The average Bonchev–Trinajstić information content (AvgIpc) is 2.23. The molecule has 0 unspecified atom stereocenters. The Morgan fingerprint density at radius 2 is 2.06 bits per heavy atom. The van der Waals surface area contributed by atoms with Gasteiger partial charge in [0.2, 0.25) is 0 Å². The van der Waals surface area contributed by atoms with E-state index >= 15 is 0 Å². The number of nitrogens with one attached hydrogen (secondary N) is 1. The van der Waals surface area contributed by atoms with E-state index in [2.05, 4.69) is 10.3 Å². The second-order valence-electron chi connectivity index (χ2n) is 3.23. The predicted molar refractivity (Wildman–Crippen MR) is 63.5 cm³/mol. The lowest BCUT2D eigenvalue weighted by molar-refractivity contribution is -0.137. The number of carbonyl (C=O) groups excluding carboxylic acids is 1. The van der Waals surface area contributed by atoms with E-state index < -0.39 is 11.9 Å². The van der Waals surface area contributed by atoms with Crippen molar-refractivity contribution < 1.29 is 14.7 Å². The minimum Gasteiger partial charge on any atom is -0.481 e. The van der Waals surface area contributed by atoms with Crippen LogP contribution in [0.4, 0.5) is 0 Å². The highest BCUT2D eigenvalue weighted by molar-refractivity contribution is 6.34. The summed E-state index contributed by atoms with van der Waals surface area (Å²) in [4.78, 5) is 25.6. The zero-order valence-corrected chi connectivity index (χ0v) is 10.3. The molecule has 1 rings (SSSR count). The average molecular weight is 277 g/mol. The summed E-state index contributed by atoms with van der Waals surface area (Å²) >= 11 is 11.3. The van der Waals surface area contributed by atoms with Crippen molar-refractivity contribution in [3.05, 3.63) is 28.0 Å². The van der Waals surface area contributed by atoms with Crippen molar-refractivity contribution in [3.63, 3.8) is 0 Å². The fraction of sp³-hybridized carbons (Fsp3) is 0.300. The summed E-state index contributed by atoms with van der Waals surface area (Å²) in [5.74, 6) is -1.30. The van der Waals surface area contributed by atoms with Crippen LogP contribution in [0.1, 0.15) is 23.2 Å². The van der Waals surface area contributed by atoms with Crippen LogP contribution in [0.3, 0.4) is 0 Å². The second kappa shape index (κ2) is 6.42. The molecule has 0 fully saturated rings. The number of carboxylic acids is 1. The molecule has 0 aliphatic carbocycles. The maximum atomic E-state index is 11.6. The summed E-state index contributed by atoms with van der Waals surface area (Å²) in [6.45, 7) is 0.268. The maximum Gasteiger partial charge on any atom is 0.303 e. The number of amides is 1. The van der Waals surface area contributed by atoms with Crippen molar-refractivity contribution in [2.24, 2.45) is 0 Å². The molecule has 0 radical (unpaired) electrons. The van der Waals surface area contributed by atoms with Gasteiger partial charge in [0, 0.05) is 13.0 Å². The lowest BCUT2D eigenvalue weighted by atomic mass is 10.2. The van der Waals surface area contributed by atoms with Gasteiger partial charge in [-0.1, -0.05) is 23.2 Å². The minimum atomic E-state index is -0.898. The van der Waals surface area contributed by atoms with Crippen molar-refractivity contribution in [1.29, 1.82) is 0 Å². The first-order valence-corrected chi connectivity index (χ1v) is 5.58. The molecule has 92 valence electrons. The van der Waals surface area contributed by atoms with E-state index in [9.17, 15) is 9.59 Å². The highest BCUT2D eigenvalue weighted by atomic mass is 35.5. The van der Waals surface area contributed by atoms with Crippen LogP contribution in [0.5, 0.6) is 0 Å². The van der Waals surface area contributed by atoms with Crippen LogP contribution in [0, 0.1) is 0 Å². The third-order valence-corrected chi connectivity index (χ3v) is 2.41. The zero-order valence-electron chi connectivity index (χ0n) is 8.74. The number of nitrogens with zero attached hydrogens (tertiary/aromatic N) is 1. The molecule has 1 heterocycles. The van der Waals surface area contributed by atoms with Gasteiger partial charge >= 0.3 is 5.97 Å². The van der Waals surface area contributed by atoms with Crippen LogP contribution >= 0.6 is 23.2 Å². The Morgan fingerprint density at radius 3 is 2.65 bits per heavy atom. The van der Waals surface area contributed by atoms with Crippen molar-refractivity contribution >= 4 is 35.1 Å².